The number of halogens is 1. The molecule has 0 aliphatic carbocycles. The number of nitrogens with one attached hydrogen (secondary N) is 1. The second-order valence-electron chi connectivity index (χ2n) is 8.17. The van der Waals surface area contributed by atoms with Gasteiger partial charge in [0.2, 0.25) is 11.8 Å². The van der Waals surface area contributed by atoms with Crippen LogP contribution in [0, 0.1) is 11.7 Å². The van der Waals surface area contributed by atoms with Crippen LogP contribution in [0.4, 0.5) is 10.1 Å². The SMILES string of the molecule is CC(C)(C)NC(=O)C(c1ccncc1)N(C(=O)C1CSC(=O)C1)c1ccccc1F. The molecule has 0 radical (unpaired) electrons. The van der Waals surface area contributed by atoms with Gasteiger partial charge in [-0.15, -0.1) is 0 Å². The van der Waals surface area contributed by atoms with Gasteiger partial charge in [-0.1, -0.05) is 23.9 Å². The summed E-state index contributed by atoms with van der Waals surface area (Å²) >= 11 is 1.09. The molecule has 2 heterocycles. The molecule has 1 aromatic carbocycles. The van der Waals surface area contributed by atoms with Crippen molar-refractivity contribution in [1.82, 2.24) is 10.3 Å². The summed E-state index contributed by atoms with van der Waals surface area (Å²) in [4.78, 5) is 43.8. The fourth-order valence-corrected chi connectivity index (χ4v) is 4.27. The number of pyridine rings is 1. The molecule has 2 unspecified atom stereocenters. The highest BCUT2D eigenvalue weighted by atomic mass is 32.2. The van der Waals surface area contributed by atoms with Crippen molar-refractivity contribution in [3.63, 3.8) is 0 Å². The number of carbonyl (C=O) groups excluding carboxylic acids is 3. The standard InChI is InChI=1S/C22H24FN3O3S/c1-22(2,3)25-20(28)19(14-8-10-24-11-9-14)26(17-7-5-4-6-16(17)23)21(29)15-12-18(27)30-13-15/h4-11,15,19H,12-13H2,1-3H3,(H,25,28). The summed E-state index contributed by atoms with van der Waals surface area (Å²) in [5.41, 5.74) is -0.0658. The van der Waals surface area contributed by atoms with Gasteiger partial charge in [0.1, 0.15) is 11.9 Å². The first-order valence-corrected chi connectivity index (χ1v) is 10.6. The van der Waals surface area contributed by atoms with Crippen LogP contribution in [0.5, 0.6) is 0 Å². The lowest BCUT2D eigenvalue weighted by molar-refractivity contribution is -0.129. The summed E-state index contributed by atoms with van der Waals surface area (Å²) in [6, 6.07) is 7.99. The van der Waals surface area contributed by atoms with Crippen LogP contribution in [0.1, 0.15) is 38.8 Å². The fraction of sp³-hybridized carbons (Fsp3) is 0.364. The molecule has 1 aliphatic rings. The molecule has 2 atom stereocenters. The Morgan fingerprint density at radius 1 is 1.20 bits per heavy atom. The zero-order valence-electron chi connectivity index (χ0n) is 17.1. The Hall–Kier alpha value is -2.74. The van der Waals surface area contributed by atoms with E-state index in [9.17, 15) is 18.8 Å². The Kier molecular flexibility index (Phi) is 6.55. The normalized spacial score (nSPS) is 17.5. The van der Waals surface area contributed by atoms with Gasteiger partial charge in [0.15, 0.2) is 5.12 Å². The van der Waals surface area contributed by atoms with Crippen LogP contribution in [-0.2, 0) is 14.4 Å². The van der Waals surface area contributed by atoms with Crippen LogP contribution in [0.25, 0.3) is 0 Å². The molecule has 1 fully saturated rings. The van der Waals surface area contributed by atoms with Crippen molar-refractivity contribution in [2.75, 3.05) is 10.7 Å². The monoisotopic (exact) mass is 429 g/mol. The minimum Gasteiger partial charge on any atom is -0.349 e. The van der Waals surface area contributed by atoms with E-state index in [1.165, 1.54) is 35.5 Å². The van der Waals surface area contributed by atoms with E-state index in [4.69, 9.17) is 0 Å². The van der Waals surface area contributed by atoms with E-state index in [0.717, 1.165) is 11.8 Å². The number of thioether (sulfide) groups is 1. The predicted molar refractivity (Wildman–Crippen MR) is 114 cm³/mol. The zero-order chi connectivity index (χ0) is 21.9. The molecule has 6 nitrogen and oxygen atoms in total. The Morgan fingerprint density at radius 2 is 1.87 bits per heavy atom. The lowest BCUT2D eigenvalue weighted by Crippen LogP contribution is -2.51. The summed E-state index contributed by atoms with van der Waals surface area (Å²) in [5, 5.41) is 2.81. The third-order valence-electron chi connectivity index (χ3n) is 4.58. The average Bonchev–Trinajstić information content (AvgIpc) is 3.12. The second kappa shape index (κ2) is 8.95. The topological polar surface area (TPSA) is 79.4 Å². The molecule has 0 saturated carbocycles. The number of hydrogen-bond donors (Lipinski definition) is 1. The number of para-hydroxylation sites is 1. The van der Waals surface area contributed by atoms with Crippen molar-refractivity contribution in [2.24, 2.45) is 5.92 Å². The smallest absolute Gasteiger partial charge is 0.248 e. The van der Waals surface area contributed by atoms with Gasteiger partial charge in [-0.05, 0) is 50.6 Å². The Balaban J connectivity index is 2.13. The molecule has 2 aromatic rings. The van der Waals surface area contributed by atoms with Gasteiger partial charge in [-0.3, -0.25) is 24.3 Å². The molecule has 0 spiro atoms. The van der Waals surface area contributed by atoms with Crippen molar-refractivity contribution in [3.8, 4) is 0 Å². The van der Waals surface area contributed by atoms with Gasteiger partial charge in [-0.25, -0.2) is 4.39 Å². The first-order chi connectivity index (χ1) is 14.2. The number of carbonyl (C=O) groups is 3. The molecule has 158 valence electrons. The van der Waals surface area contributed by atoms with Gasteiger partial charge in [0, 0.05) is 30.1 Å². The summed E-state index contributed by atoms with van der Waals surface area (Å²) in [7, 11) is 0. The lowest BCUT2D eigenvalue weighted by atomic mass is 9.98. The van der Waals surface area contributed by atoms with Gasteiger partial charge in [0.25, 0.3) is 0 Å². The number of rotatable bonds is 5. The number of aromatic nitrogens is 1. The van der Waals surface area contributed by atoms with E-state index >= 15 is 0 Å². The third-order valence-corrected chi connectivity index (χ3v) is 5.64. The Labute approximate surface area is 179 Å². The van der Waals surface area contributed by atoms with Crippen LogP contribution < -0.4 is 10.2 Å². The highest BCUT2D eigenvalue weighted by Gasteiger charge is 2.40. The molecule has 8 heteroatoms. The number of nitrogens with zero attached hydrogens (tertiary/aromatic N) is 2. The van der Waals surface area contributed by atoms with E-state index in [-0.39, 0.29) is 17.2 Å². The van der Waals surface area contributed by atoms with Crippen LogP contribution in [-0.4, -0.2) is 33.2 Å². The highest BCUT2D eigenvalue weighted by Crippen LogP contribution is 2.35. The van der Waals surface area contributed by atoms with E-state index in [0.29, 0.717) is 11.3 Å². The summed E-state index contributed by atoms with van der Waals surface area (Å²) < 4.78 is 14.8. The number of hydrogen-bond acceptors (Lipinski definition) is 5. The maximum Gasteiger partial charge on any atom is 0.248 e. The molecule has 3 rings (SSSR count). The maximum absolute atomic E-state index is 14.8. The van der Waals surface area contributed by atoms with Gasteiger partial charge in [0.05, 0.1) is 11.6 Å². The fourth-order valence-electron chi connectivity index (χ4n) is 3.30. The average molecular weight is 430 g/mol. The van der Waals surface area contributed by atoms with Gasteiger partial charge in [-0.2, -0.15) is 0 Å². The van der Waals surface area contributed by atoms with Crippen molar-refractivity contribution >= 4 is 34.4 Å². The van der Waals surface area contributed by atoms with Crippen LogP contribution in [0.2, 0.25) is 0 Å². The largest absolute Gasteiger partial charge is 0.349 e. The molecule has 1 saturated heterocycles. The van der Waals surface area contributed by atoms with Crippen molar-refractivity contribution < 1.29 is 18.8 Å². The minimum absolute atomic E-state index is 0.00211. The van der Waals surface area contributed by atoms with Gasteiger partial charge < -0.3 is 5.32 Å². The molecule has 0 bridgehead atoms. The summed E-state index contributed by atoms with van der Waals surface area (Å²) in [6.45, 7) is 5.49. The number of benzene rings is 1. The second-order valence-corrected chi connectivity index (χ2v) is 9.24. The van der Waals surface area contributed by atoms with Crippen LogP contribution in [0.3, 0.4) is 0 Å². The molecule has 1 N–H and O–H groups in total. The van der Waals surface area contributed by atoms with Crippen molar-refractivity contribution in [1.29, 1.82) is 0 Å². The molecule has 1 aliphatic heterocycles. The lowest BCUT2D eigenvalue weighted by Gasteiger charge is -2.35. The van der Waals surface area contributed by atoms with E-state index in [1.54, 1.807) is 18.2 Å². The van der Waals surface area contributed by atoms with E-state index < -0.39 is 35.1 Å². The zero-order valence-corrected chi connectivity index (χ0v) is 17.9. The molecule has 2 amide bonds. The summed E-state index contributed by atoms with van der Waals surface area (Å²) in [6.07, 6.45) is 3.11. The quantitative estimate of drug-likeness (QED) is 0.787. The first kappa shape index (κ1) is 22.0. The third kappa shape index (κ3) is 5.05. The molecule has 1 aromatic heterocycles. The molecular weight excluding hydrogens is 405 g/mol. The summed E-state index contributed by atoms with van der Waals surface area (Å²) in [5.74, 6) is -1.82. The number of anilines is 1. The van der Waals surface area contributed by atoms with E-state index in [1.807, 2.05) is 20.8 Å². The Bertz CT molecular complexity index is 946. The van der Waals surface area contributed by atoms with E-state index in [2.05, 4.69) is 10.3 Å². The Morgan fingerprint density at radius 3 is 2.43 bits per heavy atom. The highest BCUT2D eigenvalue weighted by molar-refractivity contribution is 8.14. The molecular formula is C22H24FN3O3S. The van der Waals surface area contributed by atoms with Gasteiger partial charge >= 0.3 is 0 Å². The first-order valence-electron chi connectivity index (χ1n) is 9.62. The van der Waals surface area contributed by atoms with Crippen LogP contribution in [0.15, 0.2) is 48.8 Å². The minimum atomic E-state index is -1.11. The van der Waals surface area contributed by atoms with Crippen LogP contribution >= 0.6 is 11.8 Å². The van der Waals surface area contributed by atoms with Crippen molar-refractivity contribution in [3.05, 3.63) is 60.2 Å². The molecule has 30 heavy (non-hydrogen) atoms. The predicted octanol–water partition coefficient (Wildman–Crippen LogP) is 3.49. The maximum atomic E-state index is 14.8. The van der Waals surface area contributed by atoms with Crippen molar-refractivity contribution in [2.45, 2.75) is 38.8 Å². The number of amides is 2.